The van der Waals surface area contributed by atoms with Gasteiger partial charge in [0.05, 0.1) is 11.6 Å². The molecule has 0 saturated carbocycles. The van der Waals surface area contributed by atoms with E-state index >= 15 is 0 Å². The van der Waals surface area contributed by atoms with Gasteiger partial charge in [-0.15, -0.1) is 0 Å². The molecule has 1 aliphatic carbocycles. The molecule has 1 fully saturated rings. The van der Waals surface area contributed by atoms with Crippen LogP contribution in [0.5, 0.6) is 0 Å². The van der Waals surface area contributed by atoms with Crippen molar-refractivity contribution in [2.24, 2.45) is 5.73 Å². The number of nitrogens with two attached hydrogens (primary N) is 1. The molecule has 1 unspecified atom stereocenters. The second-order valence-corrected chi connectivity index (χ2v) is 8.19. The van der Waals surface area contributed by atoms with Gasteiger partial charge in [-0.05, 0) is 30.0 Å². The van der Waals surface area contributed by atoms with Gasteiger partial charge in [0.1, 0.15) is 18.3 Å². The first-order valence-corrected chi connectivity index (χ1v) is 10.4. The number of aromatic nitrogens is 2. The van der Waals surface area contributed by atoms with Gasteiger partial charge < -0.3 is 15.5 Å². The largest absolute Gasteiger partial charge is 0.353 e. The predicted molar refractivity (Wildman–Crippen MR) is 111 cm³/mol. The number of hydrogen-bond donors (Lipinski definition) is 1. The maximum absolute atomic E-state index is 14.2. The molecule has 3 atom stereocenters. The Bertz CT molecular complexity index is 885. The summed E-state index contributed by atoms with van der Waals surface area (Å²) < 4.78 is 14.2. The minimum atomic E-state index is -1.02. The Morgan fingerprint density at radius 3 is 2.59 bits per heavy atom. The molecule has 6 nitrogen and oxygen atoms in total. The number of rotatable bonds is 4. The normalized spacial score (nSPS) is 22.5. The summed E-state index contributed by atoms with van der Waals surface area (Å²) >= 11 is 5.96. The van der Waals surface area contributed by atoms with Crippen molar-refractivity contribution in [3.63, 3.8) is 0 Å². The lowest BCUT2D eigenvalue weighted by atomic mass is 9.97. The quantitative estimate of drug-likeness (QED) is 0.827. The Morgan fingerprint density at radius 1 is 1.24 bits per heavy atom. The first-order valence-electron chi connectivity index (χ1n) is 9.97. The van der Waals surface area contributed by atoms with E-state index in [0.29, 0.717) is 43.3 Å². The van der Waals surface area contributed by atoms with Crippen LogP contribution in [0.1, 0.15) is 48.2 Å². The topological polar surface area (TPSA) is 75.4 Å². The van der Waals surface area contributed by atoms with Crippen LogP contribution >= 0.6 is 11.6 Å². The molecule has 1 aromatic carbocycles. The molecule has 0 bridgehead atoms. The number of benzene rings is 1. The Kier molecular flexibility index (Phi) is 5.69. The molecule has 2 aromatic rings. The van der Waals surface area contributed by atoms with Crippen molar-refractivity contribution in [3.05, 3.63) is 52.4 Å². The van der Waals surface area contributed by atoms with Crippen molar-refractivity contribution >= 4 is 23.3 Å². The number of anilines is 1. The fourth-order valence-electron chi connectivity index (χ4n) is 4.35. The van der Waals surface area contributed by atoms with E-state index < -0.39 is 6.17 Å². The molecule has 2 aliphatic rings. The minimum Gasteiger partial charge on any atom is -0.353 e. The van der Waals surface area contributed by atoms with Gasteiger partial charge in [-0.1, -0.05) is 30.7 Å². The van der Waals surface area contributed by atoms with E-state index in [-0.39, 0.29) is 24.3 Å². The lowest BCUT2D eigenvalue weighted by Crippen LogP contribution is -2.51. The van der Waals surface area contributed by atoms with Gasteiger partial charge in [-0.3, -0.25) is 4.79 Å². The Hall–Kier alpha value is -2.25. The predicted octanol–water partition coefficient (Wildman–Crippen LogP) is 3.04. The van der Waals surface area contributed by atoms with Crippen molar-refractivity contribution in [1.29, 1.82) is 0 Å². The summed E-state index contributed by atoms with van der Waals surface area (Å²) in [5.41, 5.74) is 8.23. The van der Waals surface area contributed by atoms with Gasteiger partial charge >= 0.3 is 0 Å². The second kappa shape index (κ2) is 8.24. The Labute approximate surface area is 174 Å². The highest BCUT2D eigenvalue weighted by molar-refractivity contribution is 6.30. The third-order valence-electron chi connectivity index (χ3n) is 5.94. The maximum atomic E-state index is 14.2. The van der Waals surface area contributed by atoms with E-state index in [4.69, 9.17) is 17.3 Å². The number of halogens is 2. The van der Waals surface area contributed by atoms with E-state index in [1.54, 1.807) is 12.1 Å². The lowest BCUT2D eigenvalue weighted by molar-refractivity contribution is -0.132. The number of hydrogen-bond acceptors (Lipinski definition) is 5. The summed E-state index contributed by atoms with van der Waals surface area (Å²) in [7, 11) is 0. The van der Waals surface area contributed by atoms with E-state index in [1.165, 1.54) is 6.33 Å². The van der Waals surface area contributed by atoms with Crippen LogP contribution in [0.2, 0.25) is 5.02 Å². The molecule has 2 N–H and O–H groups in total. The summed E-state index contributed by atoms with van der Waals surface area (Å²) in [6.45, 7) is 4.72. The number of piperazine rings is 1. The highest BCUT2D eigenvalue weighted by atomic mass is 35.5. The van der Waals surface area contributed by atoms with E-state index in [0.717, 1.165) is 16.9 Å². The maximum Gasteiger partial charge on any atom is 0.231 e. The van der Waals surface area contributed by atoms with Crippen LogP contribution in [0.25, 0.3) is 0 Å². The fraction of sp³-hybridized carbons (Fsp3) is 0.476. The van der Waals surface area contributed by atoms with Crippen LogP contribution in [-0.4, -0.2) is 53.5 Å². The summed E-state index contributed by atoms with van der Waals surface area (Å²) in [6.07, 6.45) is 0.884. The van der Waals surface area contributed by atoms with Crippen molar-refractivity contribution in [3.8, 4) is 0 Å². The van der Waals surface area contributed by atoms with Crippen LogP contribution < -0.4 is 10.6 Å². The molecule has 4 rings (SSSR count). The van der Waals surface area contributed by atoms with Crippen LogP contribution in [0, 0.1) is 0 Å². The second-order valence-electron chi connectivity index (χ2n) is 7.75. The van der Waals surface area contributed by atoms with E-state index in [9.17, 15) is 9.18 Å². The zero-order valence-electron chi connectivity index (χ0n) is 16.4. The third-order valence-corrected chi connectivity index (χ3v) is 6.19. The van der Waals surface area contributed by atoms with Crippen LogP contribution in [0.4, 0.5) is 10.2 Å². The Balaban J connectivity index is 1.46. The number of fused-ring (bicyclic) bond motifs is 1. The molecular weight excluding hydrogens is 393 g/mol. The standard InChI is InChI=1S/C21H25ClFN5O/c1-13-10-17(23)19-18(13)20(26-12-25-19)27-6-8-28(9-7-27)21(29)16(11-24)14-2-4-15(22)5-3-14/h2-5,12-13,16-17H,6-11,24H2,1H3/t13-,16?,17-/m1/s1. The van der Waals surface area contributed by atoms with Gasteiger partial charge in [0.25, 0.3) is 0 Å². The van der Waals surface area contributed by atoms with Crippen LogP contribution in [0.3, 0.4) is 0 Å². The number of alkyl halides is 1. The zero-order valence-corrected chi connectivity index (χ0v) is 17.1. The molecule has 29 heavy (non-hydrogen) atoms. The van der Waals surface area contributed by atoms with Gasteiger partial charge in [0, 0.05) is 43.3 Å². The summed E-state index contributed by atoms with van der Waals surface area (Å²) in [5, 5.41) is 0.632. The number of carbonyl (C=O) groups is 1. The van der Waals surface area contributed by atoms with Crippen LogP contribution in [-0.2, 0) is 4.79 Å². The molecular formula is C21H25ClFN5O. The molecule has 8 heteroatoms. The summed E-state index contributed by atoms with van der Waals surface area (Å²) in [5.74, 6) is 0.555. The smallest absolute Gasteiger partial charge is 0.231 e. The van der Waals surface area contributed by atoms with Crippen molar-refractivity contribution in [2.45, 2.75) is 31.4 Å². The first kappa shape index (κ1) is 20.0. The minimum absolute atomic E-state index is 0.0274. The average Bonchev–Trinajstić information content (AvgIpc) is 3.04. The lowest BCUT2D eigenvalue weighted by Gasteiger charge is -2.37. The number of nitrogens with zero attached hydrogens (tertiary/aromatic N) is 4. The molecule has 0 spiro atoms. The fourth-order valence-corrected chi connectivity index (χ4v) is 4.47. The van der Waals surface area contributed by atoms with Crippen molar-refractivity contribution < 1.29 is 9.18 Å². The van der Waals surface area contributed by atoms with Crippen LogP contribution in [0.15, 0.2) is 30.6 Å². The molecule has 1 aromatic heterocycles. The third kappa shape index (κ3) is 3.81. The molecule has 1 amide bonds. The zero-order chi connectivity index (χ0) is 20.5. The molecule has 1 saturated heterocycles. The van der Waals surface area contributed by atoms with Crippen molar-refractivity contribution in [1.82, 2.24) is 14.9 Å². The average molecular weight is 418 g/mol. The highest BCUT2D eigenvalue weighted by Crippen LogP contribution is 2.44. The molecule has 154 valence electrons. The van der Waals surface area contributed by atoms with Gasteiger partial charge in [-0.25, -0.2) is 14.4 Å². The Morgan fingerprint density at radius 2 is 1.93 bits per heavy atom. The monoisotopic (exact) mass is 417 g/mol. The van der Waals surface area contributed by atoms with E-state index in [2.05, 4.69) is 14.9 Å². The van der Waals surface area contributed by atoms with Gasteiger partial charge in [-0.2, -0.15) is 0 Å². The molecule has 2 heterocycles. The number of amides is 1. The molecule has 1 aliphatic heterocycles. The summed E-state index contributed by atoms with van der Waals surface area (Å²) in [4.78, 5) is 25.7. The summed E-state index contributed by atoms with van der Waals surface area (Å²) in [6, 6.07) is 7.26. The van der Waals surface area contributed by atoms with E-state index in [1.807, 2.05) is 24.0 Å². The van der Waals surface area contributed by atoms with Gasteiger partial charge in [0.2, 0.25) is 5.91 Å². The highest BCUT2D eigenvalue weighted by Gasteiger charge is 2.35. The van der Waals surface area contributed by atoms with Crippen molar-refractivity contribution in [2.75, 3.05) is 37.6 Å². The SMILES string of the molecule is C[C@@H]1C[C@@H](F)c2ncnc(N3CCN(C(=O)C(CN)c4ccc(Cl)cc4)CC3)c21. The first-order chi connectivity index (χ1) is 14.0. The number of carbonyl (C=O) groups excluding carboxylic acids is 1. The molecule has 0 radical (unpaired) electrons. The van der Waals surface area contributed by atoms with Gasteiger partial charge in [0.15, 0.2) is 0 Å².